The Bertz CT molecular complexity index is 164. The van der Waals surface area contributed by atoms with Gasteiger partial charge in [0.2, 0.25) is 0 Å². The second-order valence-electron chi connectivity index (χ2n) is 5.89. The van der Waals surface area contributed by atoms with Gasteiger partial charge in [-0.1, -0.05) is 51.9 Å². The molecule has 0 saturated carbocycles. The molecule has 0 aromatic carbocycles. The predicted molar refractivity (Wildman–Crippen MR) is 81.1 cm³/mol. The van der Waals surface area contributed by atoms with Gasteiger partial charge in [0.15, 0.2) is 0 Å². The molecule has 1 unspecified atom stereocenters. The highest BCUT2D eigenvalue weighted by Gasteiger charge is 2.11. The molecule has 0 bridgehead atoms. The molecular weight excluding hydrogens is 220 g/mol. The zero-order valence-corrected chi connectivity index (χ0v) is 12.5. The minimum atomic E-state index is 0.882. The number of hydrogen-bond donors (Lipinski definition) is 2. The van der Waals surface area contributed by atoms with Crippen LogP contribution < -0.4 is 10.6 Å². The van der Waals surface area contributed by atoms with E-state index >= 15 is 0 Å². The van der Waals surface area contributed by atoms with Gasteiger partial charge < -0.3 is 10.6 Å². The SMILES string of the molecule is CCCCCCCCCCNCC1CCCNC1. The average Bonchev–Trinajstić information content (AvgIpc) is 2.42. The molecule has 2 nitrogen and oxygen atoms in total. The van der Waals surface area contributed by atoms with Crippen LogP contribution in [0, 0.1) is 5.92 Å². The van der Waals surface area contributed by atoms with E-state index in [1.54, 1.807) is 0 Å². The first kappa shape index (κ1) is 16.0. The molecule has 0 spiro atoms. The second-order valence-corrected chi connectivity index (χ2v) is 5.89. The van der Waals surface area contributed by atoms with Crippen LogP contribution >= 0.6 is 0 Å². The fraction of sp³-hybridized carbons (Fsp3) is 1.00. The molecule has 0 aromatic rings. The van der Waals surface area contributed by atoms with E-state index in [2.05, 4.69) is 17.6 Å². The zero-order chi connectivity index (χ0) is 12.9. The van der Waals surface area contributed by atoms with Crippen LogP contribution in [0.4, 0.5) is 0 Å². The van der Waals surface area contributed by atoms with E-state index in [0.29, 0.717) is 0 Å². The van der Waals surface area contributed by atoms with Crippen LogP contribution in [0.3, 0.4) is 0 Å². The molecule has 108 valence electrons. The van der Waals surface area contributed by atoms with Crippen LogP contribution in [-0.4, -0.2) is 26.2 Å². The molecule has 1 saturated heterocycles. The summed E-state index contributed by atoms with van der Waals surface area (Å²) in [7, 11) is 0. The van der Waals surface area contributed by atoms with Crippen molar-refractivity contribution in [2.45, 2.75) is 71.1 Å². The Labute approximate surface area is 114 Å². The minimum Gasteiger partial charge on any atom is -0.316 e. The van der Waals surface area contributed by atoms with E-state index in [1.807, 2.05) is 0 Å². The summed E-state index contributed by atoms with van der Waals surface area (Å²) in [5, 5.41) is 7.11. The lowest BCUT2D eigenvalue weighted by Crippen LogP contribution is -2.36. The standard InChI is InChI=1S/C16H34N2/c1-2-3-4-5-6-7-8-9-12-17-14-16-11-10-13-18-15-16/h16-18H,2-15H2,1H3. The highest BCUT2D eigenvalue weighted by molar-refractivity contribution is 4.70. The van der Waals surface area contributed by atoms with Gasteiger partial charge in [-0.05, 0) is 51.4 Å². The third kappa shape index (κ3) is 8.93. The molecule has 1 rings (SSSR count). The van der Waals surface area contributed by atoms with Crippen LogP contribution in [0.25, 0.3) is 0 Å². The fourth-order valence-corrected chi connectivity index (χ4v) is 2.79. The maximum Gasteiger partial charge on any atom is -0.000837 e. The van der Waals surface area contributed by atoms with Crippen molar-refractivity contribution in [3.05, 3.63) is 0 Å². The van der Waals surface area contributed by atoms with Crippen molar-refractivity contribution in [2.75, 3.05) is 26.2 Å². The van der Waals surface area contributed by atoms with E-state index in [-0.39, 0.29) is 0 Å². The molecule has 2 N–H and O–H groups in total. The number of hydrogen-bond acceptors (Lipinski definition) is 2. The number of rotatable bonds is 11. The van der Waals surface area contributed by atoms with Crippen LogP contribution in [0.5, 0.6) is 0 Å². The van der Waals surface area contributed by atoms with E-state index in [1.165, 1.54) is 90.4 Å². The highest BCUT2D eigenvalue weighted by Crippen LogP contribution is 2.09. The molecule has 1 heterocycles. The largest absolute Gasteiger partial charge is 0.316 e. The lowest BCUT2D eigenvalue weighted by molar-refractivity contribution is 0.359. The summed E-state index contributed by atoms with van der Waals surface area (Å²) in [6.45, 7) is 7.20. The van der Waals surface area contributed by atoms with Gasteiger partial charge in [-0.15, -0.1) is 0 Å². The van der Waals surface area contributed by atoms with E-state index in [4.69, 9.17) is 0 Å². The lowest BCUT2D eigenvalue weighted by atomic mass is 10.00. The summed E-state index contributed by atoms with van der Waals surface area (Å²) in [6, 6.07) is 0. The number of nitrogens with one attached hydrogen (secondary N) is 2. The van der Waals surface area contributed by atoms with Gasteiger partial charge >= 0.3 is 0 Å². The molecule has 0 radical (unpaired) electrons. The summed E-state index contributed by atoms with van der Waals surface area (Å²) in [5.74, 6) is 0.882. The van der Waals surface area contributed by atoms with Gasteiger partial charge in [-0.25, -0.2) is 0 Å². The first-order chi connectivity index (χ1) is 8.93. The topological polar surface area (TPSA) is 24.1 Å². The van der Waals surface area contributed by atoms with Crippen LogP contribution in [0.1, 0.15) is 71.1 Å². The van der Waals surface area contributed by atoms with Crippen LogP contribution in [0.15, 0.2) is 0 Å². The lowest BCUT2D eigenvalue weighted by Gasteiger charge is -2.22. The van der Waals surface area contributed by atoms with Crippen molar-refractivity contribution in [3.63, 3.8) is 0 Å². The molecule has 1 aliphatic rings. The molecule has 2 heteroatoms. The third-order valence-corrected chi connectivity index (χ3v) is 4.04. The van der Waals surface area contributed by atoms with E-state index in [0.717, 1.165) is 5.92 Å². The van der Waals surface area contributed by atoms with Crippen LogP contribution in [-0.2, 0) is 0 Å². The van der Waals surface area contributed by atoms with Crippen molar-refractivity contribution >= 4 is 0 Å². The maximum atomic E-state index is 3.63. The Balaban J connectivity index is 1.73. The predicted octanol–water partition coefficient (Wildman–Crippen LogP) is 3.72. The number of unbranched alkanes of at least 4 members (excludes halogenated alkanes) is 7. The molecule has 1 atom stereocenters. The van der Waals surface area contributed by atoms with Crippen LogP contribution in [0.2, 0.25) is 0 Å². The fourth-order valence-electron chi connectivity index (χ4n) is 2.79. The minimum absolute atomic E-state index is 0.882. The van der Waals surface area contributed by atoms with Gasteiger partial charge in [0.25, 0.3) is 0 Å². The van der Waals surface area contributed by atoms with Gasteiger partial charge in [-0.2, -0.15) is 0 Å². The maximum absolute atomic E-state index is 3.63. The molecule has 0 amide bonds. The molecule has 0 aromatic heterocycles. The Kier molecular flexibility index (Phi) is 10.6. The molecule has 18 heavy (non-hydrogen) atoms. The summed E-state index contributed by atoms with van der Waals surface area (Å²) < 4.78 is 0. The zero-order valence-electron chi connectivity index (χ0n) is 12.5. The molecule has 0 aliphatic carbocycles. The Morgan fingerprint density at radius 2 is 1.72 bits per heavy atom. The monoisotopic (exact) mass is 254 g/mol. The molecule has 1 aliphatic heterocycles. The highest BCUT2D eigenvalue weighted by atomic mass is 14.9. The third-order valence-electron chi connectivity index (χ3n) is 4.04. The molecule has 1 fully saturated rings. The summed E-state index contributed by atoms with van der Waals surface area (Å²) in [5.41, 5.74) is 0. The first-order valence-corrected chi connectivity index (χ1v) is 8.35. The Morgan fingerprint density at radius 1 is 1.00 bits per heavy atom. The van der Waals surface area contributed by atoms with Gasteiger partial charge in [-0.3, -0.25) is 0 Å². The van der Waals surface area contributed by atoms with E-state index in [9.17, 15) is 0 Å². The second kappa shape index (κ2) is 12.0. The molecular formula is C16H34N2. The summed E-state index contributed by atoms with van der Waals surface area (Å²) in [6.07, 6.45) is 14.1. The van der Waals surface area contributed by atoms with Crippen molar-refractivity contribution in [1.29, 1.82) is 0 Å². The van der Waals surface area contributed by atoms with Crippen molar-refractivity contribution in [2.24, 2.45) is 5.92 Å². The normalized spacial score (nSPS) is 20.2. The first-order valence-electron chi connectivity index (χ1n) is 8.35. The average molecular weight is 254 g/mol. The summed E-state index contributed by atoms with van der Waals surface area (Å²) in [4.78, 5) is 0. The van der Waals surface area contributed by atoms with Gasteiger partial charge in [0.1, 0.15) is 0 Å². The van der Waals surface area contributed by atoms with Crippen molar-refractivity contribution in [3.8, 4) is 0 Å². The Morgan fingerprint density at radius 3 is 2.39 bits per heavy atom. The summed E-state index contributed by atoms with van der Waals surface area (Å²) >= 11 is 0. The van der Waals surface area contributed by atoms with Crippen molar-refractivity contribution in [1.82, 2.24) is 10.6 Å². The van der Waals surface area contributed by atoms with Crippen molar-refractivity contribution < 1.29 is 0 Å². The van der Waals surface area contributed by atoms with E-state index < -0.39 is 0 Å². The van der Waals surface area contributed by atoms with Gasteiger partial charge in [0.05, 0.1) is 0 Å². The smallest absolute Gasteiger partial charge is 0.000837 e. The number of piperidine rings is 1. The van der Waals surface area contributed by atoms with Gasteiger partial charge in [0, 0.05) is 0 Å². The Hall–Kier alpha value is -0.0800. The quantitative estimate of drug-likeness (QED) is 0.549.